The molecule has 3 aromatic rings. The molecule has 0 bridgehead atoms. The molecule has 0 aliphatic heterocycles. The summed E-state index contributed by atoms with van der Waals surface area (Å²) in [5.74, 6) is -1.28. The minimum atomic E-state index is -3.77. The Morgan fingerprint density at radius 2 is 1.91 bits per heavy atom. The highest BCUT2D eigenvalue weighted by Gasteiger charge is 2.23. The number of amides is 1. The van der Waals surface area contributed by atoms with Gasteiger partial charge in [-0.1, -0.05) is 13.8 Å². The number of sulfonamides is 1. The van der Waals surface area contributed by atoms with E-state index in [1.165, 1.54) is 27.9 Å². The van der Waals surface area contributed by atoms with Gasteiger partial charge in [0.2, 0.25) is 15.6 Å². The maximum absolute atomic E-state index is 12.9. The van der Waals surface area contributed by atoms with E-state index in [4.69, 9.17) is 4.74 Å². The second-order valence-corrected chi connectivity index (χ2v) is 9.35. The highest BCUT2D eigenvalue weighted by Crippen LogP contribution is 2.24. The highest BCUT2D eigenvalue weighted by atomic mass is 32.2. The van der Waals surface area contributed by atoms with Crippen molar-refractivity contribution in [3.8, 4) is 0 Å². The number of carbonyl (C=O) groups excluding carboxylic acids is 2. The molecule has 1 aromatic carbocycles. The summed E-state index contributed by atoms with van der Waals surface area (Å²) in [6.07, 6.45) is 0. The van der Waals surface area contributed by atoms with Gasteiger partial charge in [0, 0.05) is 35.4 Å². The van der Waals surface area contributed by atoms with Crippen molar-refractivity contribution in [2.45, 2.75) is 25.7 Å². The second kappa shape index (κ2) is 9.59. The molecule has 2 aromatic heterocycles. The van der Waals surface area contributed by atoms with E-state index in [1.807, 2.05) is 0 Å². The van der Waals surface area contributed by atoms with Gasteiger partial charge in [0.15, 0.2) is 10.8 Å². The smallest absolute Gasteiger partial charge is 0.357 e. The number of H-pyrrole nitrogens is 1. The fourth-order valence-corrected chi connectivity index (χ4v) is 5.25. The van der Waals surface area contributed by atoms with E-state index >= 15 is 0 Å². The van der Waals surface area contributed by atoms with E-state index in [0.29, 0.717) is 18.6 Å². The van der Waals surface area contributed by atoms with Crippen LogP contribution in [-0.4, -0.2) is 54.3 Å². The Kier molecular flexibility index (Phi) is 7.06. The number of fused-ring (bicyclic) bond motifs is 1. The van der Waals surface area contributed by atoms with Crippen molar-refractivity contribution in [1.82, 2.24) is 14.3 Å². The van der Waals surface area contributed by atoms with Crippen molar-refractivity contribution in [1.29, 1.82) is 0 Å². The average molecular weight is 479 g/mol. The van der Waals surface area contributed by atoms with Crippen LogP contribution in [-0.2, 0) is 14.8 Å². The first kappa shape index (κ1) is 23.6. The number of benzene rings is 1. The molecular formula is C20H22N4O6S2. The van der Waals surface area contributed by atoms with E-state index < -0.39 is 27.5 Å². The summed E-state index contributed by atoms with van der Waals surface area (Å²) in [7, 11) is -3.77. The molecule has 12 heteroatoms. The van der Waals surface area contributed by atoms with Crippen LogP contribution in [0, 0.1) is 0 Å². The first-order valence-electron chi connectivity index (χ1n) is 9.82. The Bertz CT molecular complexity index is 1330. The summed E-state index contributed by atoms with van der Waals surface area (Å²) in [4.78, 5) is 43.4. The van der Waals surface area contributed by atoms with Gasteiger partial charge in [0.05, 0.1) is 17.1 Å². The molecule has 0 saturated heterocycles. The van der Waals surface area contributed by atoms with Crippen LogP contribution in [0.4, 0.5) is 5.13 Å². The largest absolute Gasteiger partial charge is 0.461 e. The van der Waals surface area contributed by atoms with Gasteiger partial charge in [-0.25, -0.2) is 18.2 Å². The first-order chi connectivity index (χ1) is 15.2. The maximum Gasteiger partial charge on any atom is 0.357 e. The fourth-order valence-electron chi connectivity index (χ4n) is 3.09. The topological polar surface area (TPSA) is 139 Å². The van der Waals surface area contributed by atoms with Crippen LogP contribution in [0.3, 0.4) is 0 Å². The number of nitrogens with zero attached hydrogens (tertiary/aromatic N) is 2. The van der Waals surface area contributed by atoms with Gasteiger partial charge in [-0.3, -0.25) is 14.9 Å². The molecule has 0 aliphatic rings. The lowest BCUT2D eigenvalue weighted by atomic mass is 10.1. The average Bonchev–Trinajstić information content (AvgIpc) is 3.22. The summed E-state index contributed by atoms with van der Waals surface area (Å²) < 4.78 is 32.0. The molecule has 170 valence electrons. The first-order valence-corrected chi connectivity index (χ1v) is 12.1. The Morgan fingerprint density at radius 1 is 1.19 bits per heavy atom. The Labute approximate surface area is 188 Å². The number of ether oxygens (including phenoxy) is 1. The number of hydrogen-bond acceptors (Lipinski definition) is 8. The Morgan fingerprint density at radius 3 is 2.56 bits per heavy atom. The number of aromatic nitrogens is 2. The number of anilines is 1. The molecule has 10 nitrogen and oxygen atoms in total. The molecule has 0 radical (unpaired) electrons. The van der Waals surface area contributed by atoms with E-state index in [2.05, 4.69) is 15.3 Å². The number of hydrogen-bond donors (Lipinski definition) is 2. The summed E-state index contributed by atoms with van der Waals surface area (Å²) >= 11 is 1.02. The molecule has 0 fully saturated rings. The third-order valence-electron chi connectivity index (χ3n) is 4.61. The van der Waals surface area contributed by atoms with E-state index in [1.54, 1.807) is 20.8 Å². The van der Waals surface area contributed by atoms with Crippen LogP contribution >= 0.6 is 11.3 Å². The van der Waals surface area contributed by atoms with Crippen LogP contribution in [0.1, 0.15) is 41.6 Å². The molecule has 3 rings (SSSR count). The van der Waals surface area contributed by atoms with Crippen molar-refractivity contribution in [3.05, 3.63) is 51.3 Å². The lowest BCUT2D eigenvalue weighted by molar-refractivity contribution is 0.0520. The molecule has 2 N–H and O–H groups in total. The quantitative estimate of drug-likeness (QED) is 0.474. The standard InChI is InChI=1S/C20H22N4O6S2/c1-4-24(5-2)32(28,29)12-7-8-15-13(9-12)14(10-17(25)21-15)18(26)23-20-22-16(11-31-20)19(27)30-6-3/h7-11H,4-6H2,1-3H3,(H,21,25)(H,22,23,26). The van der Waals surface area contributed by atoms with Crippen molar-refractivity contribution in [3.63, 3.8) is 0 Å². The molecule has 0 atom stereocenters. The van der Waals surface area contributed by atoms with Crippen molar-refractivity contribution in [2.24, 2.45) is 0 Å². The number of nitrogens with one attached hydrogen (secondary N) is 2. The number of esters is 1. The lowest BCUT2D eigenvalue weighted by Gasteiger charge is -2.18. The van der Waals surface area contributed by atoms with Gasteiger partial charge in [0.25, 0.3) is 5.91 Å². The highest BCUT2D eigenvalue weighted by molar-refractivity contribution is 7.89. The summed E-state index contributed by atoms with van der Waals surface area (Å²) in [6.45, 7) is 5.91. The Balaban J connectivity index is 2.01. The predicted octanol–water partition coefficient (Wildman–Crippen LogP) is 2.44. The number of pyridine rings is 1. The van der Waals surface area contributed by atoms with Gasteiger partial charge in [0.1, 0.15) is 0 Å². The lowest BCUT2D eigenvalue weighted by Crippen LogP contribution is -2.30. The molecule has 1 amide bonds. The van der Waals surface area contributed by atoms with Gasteiger partial charge >= 0.3 is 5.97 Å². The molecule has 0 saturated carbocycles. The molecule has 0 spiro atoms. The van der Waals surface area contributed by atoms with Gasteiger partial charge in [-0.05, 0) is 25.1 Å². The number of rotatable bonds is 8. The zero-order valence-corrected chi connectivity index (χ0v) is 19.3. The van der Waals surface area contributed by atoms with Crippen LogP contribution in [0.2, 0.25) is 0 Å². The molecule has 0 unspecified atom stereocenters. The minimum Gasteiger partial charge on any atom is -0.461 e. The maximum atomic E-state index is 12.9. The predicted molar refractivity (Wildman–Crippen MR) is 121 cm³/mol. The third-order valence-corrected chi connectivity index (χ3v) is 7.42. The van der Waals surface area contributed by atoms with Gasteiger partial charge in [-0.15, -0.1) is 11.3 Å². The van der Waals surface area contributed by atoms with Crippen molar-refractivity contribution in [2.75, 3.05) is 25.0 Å². The zero-order chi connectivity index (χ0) is 23.5. The van der Waals surface area contributed by atoms with Crippen LogP contribution < -0.4 is 10.9 Å². The SMILES string of the molecule is CCOC(=O)c1csc(NC(=O)c2cc(=O)[nH]c3ccc(S(=O)(=O)N(CC)CC)cc23)n1. The normalized spacial score (nSPS) is 11.6. The molecule has 2 heterocycles. The van der Waals surface area contributed by atoms with Crippen LogP contribution in [0.5, 0.6) is 0 Å². The van der Waals surface area contributed by atoms with Crippen LogP contribution in [0.15, 0.2) is 39.3 Å². The van der Waals surface area contributed by atoms with Gasteiger partial charge in [-0.2, -0.15) is 4.31 Å². The summed E-state index contributed by atoms with van der Waals surface area (Å²) in [5.41, 5.74) is -0.176. The van der Waals surface area contributed by atoms with Crippen molar-refractivity contribution < 1.29 is 22.7 Å². The van der Waals surface area contributed by atoms with E-state index in [9.17, 15) is 22.8 Å². The number of carbonyl (C=O) groups is 2. The van der Waals surface area contributed by atoms with Gasteiger partial charge < -0.3 is 9.72 Å². The fraction of sp³-hybridized carbons (Fsp3) is 0.300. The monoisotopic (exact) mass is 478 g/mol. The zero-order valence-electron chi connectivity index (χ0n) is 17.7. The molecular weight excluding hydrogens is 456 g/mol. The van der Waals surface area contributed by atoms with E-state index in [0.717, 1.165) is 17.4 Å². The Hall–Kier alpha value is -3.09. The molecule has 0 aliphatic carbocycles. The summed E-state index contributed by atoms with van der Waals surface area (Å²) in [6, 6.07) is 5.29. The van der Waals surface area contributed by atoms with Crippen molar-refractivity contribution >= 4 is 49.3 Å². The second-order valence-electron chi connectivity index (χ2n) is 6.56. The third kappa shape index (κ3) is 4.71. The number of aromatic amines is 1. The van der Waals surface area contributed by atoms with E-state index in [-0.39, 0.29) is 33.3 Å². The summed E-state index contributed by atoms with van der Waals surface area (Å²) in [5, 5.41) is 4.39. The minimum absolute atomic E-state index is 0.00800. The molecule has 32 heavy (non-hydrogen) atoms. The number of thiazole rings is 1. The van der Waals surface area contributed by atoms with Crippen LogP contribution in [0.25, 0.3) is 10.9 Å².